The lowest BCUT2D eigenvalue weighted by Gasteiger charge is -2.06. The molecule has 1 aliphatic heterocycles. The summed E-state index contributed by atoms with van der Waals surface area (Å²) >= 11 is 11.8. The minimum atomic E-state index is 0.700. The predicted octanol–water partition coefficient (Wildman–Crippen LogP) is 3.48. The summed E-state index contributed by atoms with van der Waals surface area (Å²) in [6.07, 6.45) is 3.09. The van der Waals surface area contributed by atoms with Gasteiger partial charge in [-0.05, 0) is 36.5 Å². The zero-order valence-electron chi connectivity index (χ0n) is 7.95. The molecule has 1 aromatic carbocycles. The van der Waals surface area contributed by atoms with Crippen LogP contribution in [0.15, 0.2) is 12.1 Å². The van der Waals surface area contributed by atoms with Crippen LogP contribution in [-0.2, 0) is 12.8 Å². The first-order chi connectivity index (χ1) is 6.81. The summed E-state index contributed by atoms with van der Waals surface area (Å²) in [5, 5.41) is 4.18. The Morgan fingerprint density at radius 2 is 2.21 bits per heavy atom. The van der Waals surface area contributed by atoms with Crippen LogP contribution in [0.1, 0.15) is 17.5 Å². The van der Waals surface area contributed by atoms with E-state index in [1.807, 2.05) is 6.07 Å². The lowest BCUT2D eigenvalue weighted by atomic mass is 10.0. The fourth-order valence-corrected chi connectivity index (χ4v) is 2.21. The number of hydrogen-bond acceptors (Lipinski definition) is 1. The molecule has 3 heteroatoms. The van der Waals surface area contributed by atoms with Crippen molar-refractivity contribution in [1.29, 1.82) is 0 Å². The van der Waals surface area contributed by atoms with E-state index in [9.17, 15) is 0 Å². The zero-order chi connectivity index (χ0) is 9.97. The number of benzene rings is 1. The van der Waals surface area contributed by atoms with E-state index < -0.39 is 0 Å². The molecule has 0 bridgehead atoms. The van der Waals surface area contributed by atoms with Crippen LogP contribution in [0.4, 0.5) is 5.69 Å². The van der Waals surface area contributed by atoms with E-state index in [2.05, 4.69) is 11.4 Å². The van der Waals surface area contributed by atoms with Crippen molar-refractivity contribution >= 4 is 28.9 Å². The third kappa shape index (κ3) is 1.99. The van der Waals surface area contributed by atoms with Gasteiger partial charge < -0.3 is 5.32 Å². The quantitative estimate of drug-likeness (QED) is 0.784. The molecular formula is C11H13Cl2N. The monoisotopic (exact) mass is 229 g/mol. The van der Waals surface area contributed by atoms with Gasteiger partial charge in [-0.3, -0.25) is 0 Å². The van der Waals surface area contributed by atoms with E-state index >= 15 is 0 Å². The van der Waals surface area contributed by atoms with Crippen molar-refractivity contribution in [2.75, 3.05) is 17.7 Å². The third-order valence-corrected chi connectivity index (χ3v) is 3.18. The first kappa shape index (κ1) is 10.1. The molecule has 0 saturated heterocycles. The van der Waals surface area contributed by atoms with Crippen molar-refractivity contribution in [3.8, 4) is 0 Å². The highest BCUT2D eigenvalue weighted by Gasteiger charge is 2.12. The van der Waals surface area contributed by atoms with Gasteiger partial charge in [0.2, 0.25) is 0 Å². The van der Waals surface area contributed by atoms with E-state index in [0.717, 1.165) is 30.8 Å². The van der Waals surface area contributed by atoms with Crippen molar-refractivity contribution in [3.63, 3.8) is 0 Å². The van der Waals surface area contributed by atoms with Crippen LogP contribution in [0.25, 0.3) is 0 Å². The number of fused-ring (bicyclic) bond motifs is 1. The average Bonchev–Trinajstić information content (AvgIpc) is 2.61. The van der Waals surface area contributed by atoms with Gasteiger partial charge in [-0.2, -0.15) is 0 Å². The highest BCUT2D eigenvalue weighted by Crippen LogP contribution is 2.29. The predicted molar refractivity (Wildman–Crippen MR) is 62.7 cm³/mol. The Balaban J connectivity index is 2.23. The molecule has 1 nitrogen and oxygen atoms in total. The molecule has 0 aliphatic carbocycles. The molecule has 1 aromatic rings. The van der Waals surface area contributed by atoms with Gasteiger partial charge in [0.1, 0.15) is 0 Å². The molecule has 0 fully saturated rings. The lowest BCUT2D eigenvalue weighted by molar-refractivity contribution is 0.926. The summed E-state index contributed by atoms with van der Waals surface area (Å²) in [5.74, 6) is 0.700. The molecule has 1 heterocycles. The van der Waals surface area contributed by atoms with Crippen molar-refractivity contribution < 1.29 is 0 Å². The number of alkyl halides is 1. The number of hydrogen-bond donors (Lipinski definition) is 1. The smallest absolute Gasteiger partial charge is 0.0458 e. The maximum atomic E-state index is 6.16. The van der Waals surface area contributed by atoms with Crippen molar-refractivity contribution in [3.05, 3.63) is 28.3 Å². The first-order valence-electron chi connectivity index (χ1n) is 4.92. The van der Waals surface area contributed by atoms with Crippen LogP contribution >= 0.6 is 23.2 Å². The molecule has 2 rings (SSSR count). The number of nitrogens with one attached hydrogen (secondary N) is 1. The van der Waals surface area contributed by atoms with E-state index in [1.165, 1.54) is 16.8 Å². The second-order valence-corrected chi connectivity index (χ2v) is 4.36. The number of anilines is 1. The maximum absolute atomic E-state index is 6.16. The zero-order valence-corrected chi connectivity index (χ0v) is 9.46. The Hall–Kier alpha value is -0.400. The molecule has 0 amide bonds. The van der Waals surface area contributed by atoms with Gasteiger partial charge in [0.25, 0.3) is 0 Å². The molecule has 14 heavy (non-hydrogen) atoms. The van der Waals surface area contributed by atoms with Crippen LogP contribution in [0.2, 0.25) is 5.02 Å². The molecule has 0 radical (unpaired) electrons. The molecule has 0 saturated carbocycles. The van der Waals surface area contributed by atoms with E-state index in [4.69, 9.17) is 23.2 Å². The van der Waals surface area contributed by atoms with Gasteiger partial charge in [-0.25, -0.2) is 0 Å². The molecule has 0 unspecified atom stereocenters. The molecular weight excluding hydrogens is 217 g/mol. The molecule has 0 spiro atoms. The summed E-state index contributed by atoms with van der Waals surface area (Å²) in [6, 6.07) is 4.25. The summed E-state index contributed by atoms with van der Waals surface area (Å²) in [4.78, 5) is 0. The lowest BCUT2D eigenvalue weighted by Crippen LogP contribution is -1.92. The Labute approximate surface area is 94.4 Å². The van der Waals surface area contributed by atoms with Crippen LogP contribution in [0, 0.1) is 0 Å². The van der Waals surface area contributed by atoms with Gasteiger partial charge in [0, 0.05) is 23.1 Å². The topological polar surface area (TPSA) is 12.0 Å². The fourth-order valence-electron chi connectivity index (χ4n) is 1.82. The van der Waals surface area contributed by atoms with Crippen molar-refractivity contribution in [2.24, 2.45) is 0 Å². The SMILES string of the molecule is ClCCCc1cc2c(cc1Cl)NCC2. The normalized spacial score (nSPS) is 13.9. The Kier molecular flexibility index (Phi) is 3.19. The molecule has 0 atom stereocenters. The van der Waals surface area contributed by atoms with E-state index in [0.29, 0.717) is 5.88 Å². The molecule has 0 aromatic heterocycles. The van der Waals surface area contributed by atoms with Crippen LogP contribution in [0.3, 0.4) is 0 Å². The maximum Gasteiger partial charge on any atom is 0.0458 e. The summed E-state index contributed by atoms with van der Waals surface area (Å²) < 4.78 is 0. The van der Waals surface area contributed by atoms with Crippen molar-refractivity contribution in [1.82, 2.24) is 0 Å². The van der Waals surface area contributed by atoms with Gasteiger partial charge in [0.05, 0.1) is 0 Å². The van der Waals surface area contributed by atoms with E-state index in [1.54, 1.807) is 0 Å². The Bertz CT molecular complexity index is 336. The average molecular weight is 230 g/mol. The van der Waals surface area contributed by atoms with Gasteiger partial charge in [-0.1, -0.05) is 17.7 Å². The number of aryl methyl sites for hydroxylation is 1. The number of halogens is 2. The van der Waals surface area contributed by atoms with Crippen molar-refractivity contribution in [2.45, 2.75) is 19.3 Å². The second kappa shape index (κ2) is 4.41. The highest BCUT2D eigenvalue weighted by molar-refractivity contribution is 6.31. The van der Waals surface area contributed by atoms with Crippen LogP contribution in [0.5, 0.6) is 0 Å². The minimum absolute atomic E-state index is 0.700. The largest absolute Gasteiger partial charge is 0.384 e. The standard InChI is InChI=1S/C11H13Cl2N/c12-4-1-2-8-6-9-3-5-14-11(9)7-10(8)13/h6-7,14H,1-5H2. The highest BCUT2D eigenvalue weighted by atomic mass is 35.5. The van der Waals surface area contributed by atoms with Gasteiger partial charge in [-0.15, -0.1) is 11.6 Å². The Morgan fingerprint density at radius 3 is 3.00 bits per heavy atom. The second-order valence-electron chi connectivity index (χ2n) is 3.57. The van der Waals surface area contributed by atoms with Crippen LogP contribution < -0.4 is 5.32 Å². The first-order valence-corrected chi connectivity index (χ1v) is 5.83. The van der Waals surface area contributed by atoms with Gasteiger partial charge in [0.15, 0.2) is 0 Å². The van der Waals surface area contributed by atoms with E-state index in [-0.39, 0.29) is 0 Å². The molecule has 1 aliphatic rings. The third-order valence-electron chi connectivity index (χ3n) is 2.56. The van der Waals surface area contributed by atoms with Gasteiger partial charge >= 0.3 is 0 Å². The van der Waals surface area contributed by atoms with Crippen LogP contribution in [-0.4, -0.2) is 12.4 Å². The summed E-state index contributed by atoms with van der Waals surface area (Å²) in [7, 11) is 0. The fraction of sp³-hybridized carbons (Fsp3) is 0.455. The minimum Gasteiger partial charge on any atom is -0.384 e. The number of rotatable bonds is 3. The molecule has 76 valence electrons. The molecule has 1 N–H and O–H groups in total. The summed E-state index contributed by atoms with van der Waals surface area (Å²) in [5.41, 5.74) is 3.82. The Morgan fingerprint density at radius 1 is 1.36 bits per heavy atom. The summed E-state index contributed by atoms with van der Waals surface area (Å²) in [6.45, 7) is 1.03.